The number of hydrogen-bond donors (Lipinski definition) is 3. The molecule has 1 fully saturated rings. The van der Waals surface area contributed by atoms with Crippen molar-refractivity contribution < 1.29 is 14.0 Å². The van der Waals surface area contributed by atoms with Crippen molar-refractivity contribution in [3.05, 3.63) is 70.0 Å². The standard InChI is InChI=1S/C18H14ClFN4O2/c19-13-7-12(5-6-14(13)20)16(11-3-1-10(8-21)2-4-11)24-17(25)15-9-22-18(26)23-15/h1-7,15-16H,9H2,(H,24,25)(H2,22,23,26)/t15?,16-/m0/s1. The third-order valence-corrected chi connectivity index (χ3v) is 4.31. The molecule has 1 saturated heterocycles. The zero-order valence-electron chi connectivity index (χ0n) is 13.4. The SMILES string of the molecule is N#Cc1ccc([C@H](NC(=O)C2CNC(=O)N2)c2ccc(F)c(Cl)c2)cc1. The highest BCUT2D eigenvalue weighted by Crippen LogP contribution is 2.26. The lowest BCUT2D eigenvalue weighted by Gasteiger charge is -2.22. The van der Waals surface area contributed by atoms with Gasteiger partial charge >= 0.3 is 6.03 Å². The number of carbonyl (C=O) groups is 2. The molecule has 0 aromatic heterocycles. The Hall–Kier alpha value is -3.11. The summed E-state index contributed by atoms with van der Waals surface area (Å²) < 4.78 is 13.5. The lowest BCUT2D eigenvalue weighted by Crippen LogP contribution is -2.44. The molecule has 3 rings (SSSR count). The van der Waals surface area contributed by atoms with E-state index in [1.54, 1.807) is 24.3 Å². The predicted octanol–water partition coefficient (Wildman–Crippen LogP) is 2.24. The average molecular weight is 373 g/mol. The Morgan fingerprint density at radius 1 is 1.27 bits per heavy atom. The van der Waals surface area contributed by atoms with Gasteiger partial charge in [0.15, 0.2) is 0 Å². The van der Waals surface area contributed by atoms with E-state index in [2.05, 4.69) is 16.0 Å². The summed E-state index contributed by atoms with van der Waals surface area (Å²) in [4.78, 5) is 23.7. The third-order valence-electron chi connectivity index (χ3n) is 4.03. The summed E-state index contributed by atoms with van der Waals surface area (Å²) in [6, 6.07) is 11.1. The fourth-order valence-corrected chi connectivity index (χ4v) is 2.85. The van der Waals surface area contributed by atoms with Crippen LogP contribution in [0.3, 0.4) is 0 Å². The molecule has 2 atom stereocenters. The number of benzene rings is 2. The number of nitrogens with zero attached hydrogens (tertiary/aromatic N) is 1. The highest BCUT2D eigenvalue weighted by Gasteiger charge is 2.29. The molecule has 0 aliphatic carbocycles. The van der Waals surface area contributed by atoms with Gasteiger partial charge in [-0.1, -0.05) is 29.8 Å². The number of urea groups is 1. The molecule has 1 heterocycles. The van der Waals surface area contributed by atoms with Crippen molar-refractivity contribution in [3.63, 3.8) is 0 Å². The fraction of sp³-hybridized carbons (Fsp3) is 0.167. The summed E-state index contributed by atoms with van der Waals surface area (Å²) in [6.07, 6.45) is 0. The molecule has 0 bridgehead atoms. The fourth-order valence-electron chi connectivity index (χ4n) is 2.66. The van der Waals surface area contributed by atoms with Crippen molar-refractivity contribution in [1.29, 1.82) is 5.26 Å². The van der Waals surface area contributed by atoms with Crippen LogP contribution >= 0.6 is 11.6 Å². The Kier molecular flexibility index (Phi) is 5.05. The Morgan fingerprint density at radius 3 is 2.54 bits per heavy atom. The van der Waals surface area contributed by atoms with Crippen LogP contribution in [-0.4, -0.2) is 24.5 Å². The van der Waals surface area contributed by atoms with Gasteiger partial charge in [0, 0.05) is 6.54 Å². The normalized spacial score (nSPS) is 17.0. The molecule has 1 aliphatic heterocycles. The van der Waals surface area contributed by atoms with Crippen molar-refractivity contribution >= 4 is 23.5 Å². The Labute approximate surface area is 154 Å². The van der Waals surface area contributed by atoms with Gasteiger partial charge < -0.3 is 16.0 Å². The van der Waals surface area contributed by atoms with Gasteiger partial charge in [0.2, 0.25) is 5.91 Å². The van der Waals surface area contributed by atoms with Crippen LogP contribution in [0, 0.1) is 17.1 Å². The molecular weight excluding hydrogens is 359 g/mol. The topological polar surface area (TPSA) is 94.0 Å². The van der Waals surface area contributed by atoms with E-state index in [0.717, 1.165) is 0 Å². The van der Waals surface area contributed by atoms with Gasteiger partial charge in [-0.15, -0.1) is 0 Å². The van der Waals surface area contributed by atoms with Crippen LogP contribution in [-0.2, 0) is 4.79 Å². The van der Waals surface area contributed by atoms with E-state index < -0.39 is 29.8 Å². The molecule has 1 unspecified atom stereocenters. The van der Waals surface area contributed by atoms with Crippen LogP contribution in [0.1, 0.15) is 22.7 Å². The molecule has 2 aromatic carbocycles. The zero-order chi connectivity index (χ0) is 18.7. The molecule has 0 radical (unpaired) electrons. The van der Waals surface area contributed by atoms with Crippen molar-refractivity contribution in [1.82, 2.24) is 16.0 Å². The minimum atomic E-state index is -0.709. The molecule has 6 nitrogen and oxygen atoms in total. The number of amides is 3. The predicted molar refractivity (Wildman–Crippen MR) is 92.9 cm³/mol. The van der Waals surface area contributed by atoms with Gasteiger partial charge in [-0.25, -0.2) is 9.18 Å². The van der Waals surface area contributed by atoms with E-state index in [1.165, 1.54) is 18.2 Å². The van der Waals surface area contributed by atoms with Crippen LogP contribution < -0.4 is 16.0 Å². The second kappa shape index (κ2) is 7.42. The van der Waals surface area contributed by atoms with E-state index in [4.69, 9.17) is 16.9 Å². The molecule has 3 amide bonds. The first-order valence-corrected chi connectivity index (χ1v) is 8.15. The summed E-state index contributed by atoms with van der Waals surface area (Å²) in [5.74, 6) is -0.953. The summed E-state index contributed by atoms with van der Waals surface area (Å²) in [5, 5.41) is 16.7. The maximum absolute atomic E-state index is 13.5. The van der Waals surface area contributed by atoms with E-state index in [1.807, 2.05) is 6.07 Å². The van der Waals surface area contributed by atoms with Crippen LogP contribution in [0.2, 0.25) is 5.02 Å². The smallest absolute Gasteiger partial charge is 0.315 e. The largest absolute Gasteiger partial charge is 0.343 e. The highest BCUT2D eigenvalue weighted by atomic mass is 35.5. The maximum Gasteiger partial charge on any atom is 0.315 e. The Morgan fingerprint density at radius 2 is 1.96 bits per heavy atom. The van der Waals surface area contributed by atoms with Crippen LogP contribution in [0.4, 0.5) is 9.18 Å². The quantitative estimate of drug-likeness (QED) is 0.768. The molecule has 1 aliphatic rings. The number of hydrogen-bond acceptors (Lipinski definition) is 3. The average Bonchev–Trinajstić information content (AvgIpc) is 3.09. The lowest BCUT2D eigenvalue weighted by molar-refractivity contribution is -0.122. The first kappa shape index (κ1) is 17.7. The minimum absolute atomic E-state index is 0.0637. The summed E-state index contributed by atoms with van der Waals surface area (Å²) >= 11 is 5.88. The number of nitrogens with one attached hydrogen (secondary N) is 3. The van der Waals surface area contributed by atoms with Crippen LogP contribution in [0.25, 0.3) is 0 Å². The lowest BCUT2D eigenvalue weighted by atomic mass is 9.97. The van der Waals surface area contributed by atoms with Crippen molar-refractivity contribution in [3.8, 4) is 6.07 Å². The van der Waals surface area contributed by atoms with Gasteiger partial charge in [-0.3, -0.25) is 4.79 Å². The van der Waals surface area contributed by atoms with E-state index in [0.29, 0.717) is 16.7 Å². The number of rotatable bonds is 4. The summed E-state index contributed by atoms with van der Waals surface area (Å²) in [5.41, 5.74) is 1.74. The third kappa shape index (κ3) is 3.76. The number of nitriles is 1. The number of carbonyl (C=O) groups excluding carboxylic acids is 2. The van der Waals surface area contributed by atoms with E-state index in [-0.39, 0.29) is 11.6 Å². The highest BCUT2D eigenvalue weighted by molar-refractivity contribution is 6.30. The molecule has 3 N–H and O–H groups in total. The minimum Gasteiger partial charge on any atom is -0.343 e. The molecule has 8 heteroatoms. The molecule has 26 heavy (non-hydrogen) atoms. The summed E-state index contributed by atoms with van der Waals surface area (Å²) in [6.45, 7) is 0.176. The first-order chi connectivity index (χ1) is 12.5. The van der Waals surface area contributed by atoms with E-state index >= 15 is 0 Å². The van der Waals surface area contributed by atoms with Gasteiger partial charge in [0.25, 0.3) is 0 Å². The van der Waals surface area contributed by atoms with Crippen LogP contribution in [0.15, 0.2) is 42.5 Å². The second-order valence-corrected chi connectivity index (χ2v) is 6.16. The van der Waals surface area contributed by atoms with Gasteiger partial charge in [0.1, 0.15) is 11.9 Å². The second-order valence-electron chi connectivity index (χ2n) is 5.76. The van der Waals surface area contributed by atoms with Crippen molar-refractivity contribution in [2.75, 3.05) is 6.54 Å². The molecule has 132 valence electrons. The summed E-state index contributed by atoms with van der Waals surface area (Å²) in [7, 11) is 0. The van der Waals surface area contributed by atoms with Crippen molar-refractivity contribution in [2.45, 2.75) is 12.1 Å². The monoisotopic (exact) mass is 372 g/mol. The molecule has 0 saturated carbocycles. The molecule has 2 aromatic rings. The zero-order valence-corrected chi connectivity index (χ0v) is 14.2. The number of halogens is 2. The van der Waals surface area contributed by atoms with Gasteiger partial charge in [-0.2, -0.15) is 5.26 Å². The Balaban J connectivity index is 1.92. The van der Waals surface area contributed by atoms with E-state index in [9.17, 15) is 14.0 Å². The van der Waals surface area contributed by atoms with Crippen LogP contribution in [0.5, 0.6) is 0 Å². The van der Waals surface area contributed by atoms with Gasteiger partial charge in [-0.05, 0) is 35.4 Å². The first-order valence-electron chi connectivity index (χ1n) is 7.77. The molecular formula is C18H14ClFN4O2. The Bertz CT molecular complexity index is 895. The maximum atomic E-state index is 13.5. The van der Waals surface area contributed by atoms with Gasteiger partial charge in [0.05, 0.1) is 22.7 Å². The van der Waals surface area contributed by atoms with Crippen molar-refractivity contribution in [2.24, 2.45) is 0 Å². The molecule has 0 spiro atoms.